The van der Waals surface area contributed by atoms with Crippen molar-refractivity contribution in [3.63, 3.8) is 0 Å². The lowest BCUT2D eigenvalue weighted by molar-refractivity contribution is -0.288. The molecule has 2 N–H and O–H groups in total. The van der Waals surface area contributed by atoms with Crippen LogP contribution in [0.5, 0.6) is 0 Å². The largest absolute Gasteiger partial charge is 0.497 e. The van der Waals surface area contributed by atoms with Crippen LogP contribution < -0.4 is 5.73 Å². The Kier molecular flexibility index (Phi) is 3.95. The van der Waals surface area contributed by atoms with Crippen LogP contribution in [-0.2, 0) is 4.74 Å². The van der Waals surface area contributed by atoms with Crippen LogP contribution >= 0.6 is 0 Å². The number of rotatable bonds is 2. The van der Waals surface area contributed by atoms with Gasteiger partial charge in [-0.15, -0.1) is 0 Å². The van der Waals surface area contributed by atoms with Gasteiger partial charge in [0.05, 0.1) is 12.6 Å². The van der Waals surface area contributed by atoms with Crippen LogP contribution in [0.15, 0.2) is 11.8 Å². The highest BCUT2D eigenvalue weighted by molar-refractivity contribution is 5.09. The Balaban J connectivity index is 2.95. The highest BCUT2D eigenvalue weighted by Gasteiger charge is 2.60. The van der Waals surface area contributed by atoms with Crippen molar-refractivity contribution in [3.8, 4) is 0 Å². The van der Waals surface area contributed by atoms with E-state index in [1.165, 1.54) is 6.08 Å². The number of nitrogens with two attached hydrogens (primary N) is 1. The van der Waals surface area contributed by atoms with Crippen molar-refractivity contribution in [2.45, 2.75) is 31.2 Å². The standard InChI is InChI=1S/C9H11F6NO/c10-8(11,12)7(9(13,14)15)6(16)5-3-1-2-4-17-5/h3,6-7H,1-2,4,16H2. The Hall–Kier alpha value is -0.920. The first kappa shape index (κ1) is 14.1. The fourth-order valence-electron chi connectivity index (χ4n) is 1.57. The van der Waals surface area contributed by atoms with Crippen molar-refractivity contribution in [3.05, 3.63) is 11.8 Å². The average molecular weight is 263 g/mol. The van der Waals surface area contributed by atoms with Gasteiger partial charge in [-0.05, 0) is 18.9 Å². The monoisotopic (exact) mass is 263 g/mol. The van der Waals surface area contributed by atoms with Crippen molar-refractivity contribution in [2.24, 2.45) is 11.7 Å². The summed E-state index contributed by atoms with van der Waals surface area (Å²) in [6, 6.07) is -2.24. The first-order valence-corrected chi connectivity index (χ1v) is 4.86. The van der Waals surface area contributed by atoms with Gasteiger partial charge < -0.3 is 10.5 Å². The third kappa shape index (κ3) is 3.52. The van der Waals surface area contributed by atoms with E-state index in [0.29, 0.717) is 12.8 Å². The molecule has 2 nitrogen and oxygen atoms in total. The highest BCUT2D eigenvalue weighted by atomic mass is 19.4. The molecule has 0 saturated heterocycles. The second-order valence-electron chi connectivity index (χ2n) is 3.68. The van der Waals surface area contributed by atoms with Gasteiger partial charge in [-0.2, -0.15) is 26.3 Å². The predicted molar refractivity (Wildman–Crippen MR) is 46.8 cm³/mol. The summed E-state index contributed by atoms with van der Waals surface area (Å²) in [7, 11) is 0. The Bertz CT molecular complexity index is 281. The molecule has 0 spiro atoms. The summed E-state index contributed by atoms with van der Waals surface area (Å²) in [5.41, 5.74) is 5.03. The molecule has 17 heavy (non-hydrogen) atoms. The molecule has 1 aliphatic heterocycles. The SMILES string of the molecule is NC(C1=CCCCO1)C(C(F)(F)F)C(F)(F)F. The molecule has 100 valence electrons. The molecule has 0 aromatic carbocycles. The summed E-state index contributed by atoms with van der Waals surface area (Å²) >= 11 is 0. The second kappa shape index (κ2) is 4.75. The van der Waals surface area contributed by atoms with Gasteiger partial charge in [0.1, 0.15) is 5.76 Å². The van der Waals surface area contributed by atoms with Gasteiger partial charge in [-0.3, -0.25) is 0 Å². The molecule has 0 aromatic rings. The van der Waals surface area contributed by atoms with E-state index >= 15 is 0 Å². The summed E-state index contributed by atoms with van der Waals surface area (Å²) in [5.74, 6) is -4.03. The maximum atomic E-state index is 12.3. The zero-order valence-corrected chi connectivity index (χ0v) is 8.61. The minimum absolute atomic E-state index is 0.0853. The Morgan fingerprint density at radius 3 is 2.00 bits per heavy atom. The molecule has 0 aliphatic carbocycles. The lowest BCUT2D eigenvalue weighted by atomic mass is 9.96. The van der Waals surface area contributed by atoms with Gasteiger partial charge >= 0.3 is 12.4 Å². The van der Waals surface area contributed by atoms with Gasteiger partial charge in [0, 0.05) is 0 Å². The molecule has 1 atom stereocenters. The van der Waals surface area contributed by atoms with E-state index in [1.54, 1.807) is 0 Å². The normalized spacial score (nSPS) is 19.9. The van der Waals surface area contributed by atoms with E-state index in [1.807, 2.05) is 0 Å². The topological polar surface area (TPSA) is 35.2 Å². The summed E-state index contributed by atoms with van der Waals surface area (Å²) in [4.78, 5) is 0. The van der Waals surface area contributed by atoms with Crippen LogP contribution in [0.4, 0.5) is 26.3 Å². The molecule has 1 unspecified atom stereocenters. The van der Waals surface area contributed by atoms with Crippen molar-refractivity contribution in [2.75, 3.05) is 6.61 Å². The van der Waals surface area contributed by atoms with Crippen molar-refractivity contribution < 1.29 is 31.1 Å². The van der Waals surface area contributed by atoms with Crippen LogP contribution in [0.1, 0.15) is 12.8 Å². The predicted octanol–water partition coefficient (Wildman–Crippen LogP) is 2.75. The van der Waals surface area contributed by atoms with Gasteiger partial charge in [0.15, 0.2) is 5.92 Å². The molecule has 1 aliphatic rings. The minimum atomic E-state index is -5.45. The van der Waals surface area contributed by atoms with Crippen molar-refractivity contribution >= 4 is 0 Å². The van der Waals surface area contributed by atoms with E-state index in [4.69, 9.17) is 10.5 Å². The number of hydrogen-bond acceptors (Lipinski definition) is 2. The highest BCUT2D eigenvalue weighted by Crippen LogP contribution is 2.42. The van der Waals surface area contributed by atoms with Crippen LogP contribution in [0.3, 0.4) is 0 Å². The molecule has 0 bridgehead atoms. The molecule has 0 aromatic heterocycles. The third-order valence-corrected chi connectivity index (χ3v) is 2.36. The molecular weight excluding hydrogens is 252 g/mol. The fraction of sp³-hybridized carbons (Fsp3) is 0.778. The zero-order valence-electron chi connectivity index (χ0n) is 8.61. The number of ether oxygens (including phenoxy) is 1. The Labute approximate surface area is 93.4 Å². The molecule has 0 saturated carbocycles. The van der Waals surface area contributed by atoms with Crippen LogP contribution in [-0.4, -0.2) is 25.0 Å². The molecule has 0 amide bonds. The summed E-state index contributed by atoms with van der Waals surface area (Å²) in [5, 5.41) is 0. The van der Waals surface area contributed by atoms with Crippen LogP contribution in [0, 0.1) is 5.92 Å². The molecule has 1 heterocycles. The van der Waals surface area contributed by atoms with E-state index in [9.17, 15) is 26.3 Å². The third-order valence-electron chi connectivity index (χ3n) is 2.36. The molecule has 1 rings (SSSR count). The quantitative estimate of drug-likeness (QED) is 0.777. The molecule has 0 radical (unpaired) electrons. The molecule has 0 fully saturated rings. The lowest BCUT2D eigenvalue weighted by Crippen LogP contribution is -2.50. The van der Waals surface area contributed by atoms with Crippen LogP contribution in [0.2, 0.25) is 0 Å². The smallest absolute Gasteiger partial charge is 0.402 e. The first-order chi connectivity index (χ1) is 7.64. The fourth-order valence-corrected chi connectivity index (χ4v) is 1.57. The summed E-state index contributed by atoms with van der Waals surface area (Å²) in [6.45, 7) is 0.0853. The first-order valence-electron chi connectivity index (χ1n) is 4.86. The molecular formula is C9H11F6NO. The maximum Gasteiger partial charge on any atom is 0.402 e. The second-order valence-corrected chi connectivity index (χ2v) is 3.68. The summed E-state index contributed by atoms with van der Waals surface area (Å²) < 4.78 is 78.8. The Morgan fingerprint density at radius 1 is 1.12 bits per heavy atom. The van der Waals surface area contributed by atoms with E-state index < -0.39 is 30.1 Å². The number of alkyl halides is 6. The number of hydrogen-bond donors (Lipinski definition) is 1. The van der Waals surface area contributed by atoms with E-state index in [2.05, 4.69) is 0 Å². The summed E-state index contributed by atoms with van der Waals surface area (Å²) in [6.07, 6.45) is -8.79. The van der Waals surface area contributed by atoms with Crippen molar-refractivity contribution in [1.82, 2.24) is 0 Å². The maximum absolute atomic E-state index is 12.3. The van der Waals surface area contributed by atoms with Crippen LogP contribution in [0.25, 0.3) is 0 Å². The number of halogens is 6. The van der Waals surface area contributed by atoms with E-state index in [-0.39, 0.29) is 6.61 Å². The van der Waals surface area contributed by atoms with E-state index in [0.717, 1.165) is 0 Å². The zero-order chi connectivity index (χ0) is 13.3. The van der Waals surface area contributed by atoms with Gasteiger partial charge in [0.25, 0.3) is 0 Å². The molecule has 8 heteroatoms. The van der Waals surface area contributed by atoms with Gasteiger partial charge in [-0.25, -0.2) is 0 Å². The van der Waals surface area contributed by atoms with Crippen molar-refractivity contribution in [1.29, 1.82) is 0 Å². The van der Waals surface area contributed by atoms with Gasteiger partial charge in [-0.1, -0.05) is 0 Å². The average Bonchev–Trinajstić information content (AvgIpc) is 2.14. The van der Waals surface area contributed by atoms with Gasteiger partial charge in [0.2, 0.25) is 0 Å². The minimum Gasteiger partial charge on any atom is -0.497 e. The lowest BCUT2D eigenvalue weighted by Gasteiger charge is -2.30. The Morgan fingerprint density at radius 2 is 1.65 bits per heavy atom. The number of allylic oxidation sites excluding steroid dienone is 1.